The van der Waals surface area contributed by atoms with Crippen LogP contribution in [0.2, 0.25) is 0 Å². The van der Waals surface area contributed by atoms with E-state index in [9.17, 15) is 0 Å². The van der Waals surface area contributed by atoms with E-state index < -0.39 is 0 Å². The fourth-order valence-electron chi connectivity index (χ4n) is 0. The first-order chi connectivity index (χ1) is 0. The largest absolute Gasteiger partial charge is 2.00 e. The molecule has 0 saturated heterocycles. The van der Waals surface area contributed by atoms with Gasteiger partial charge in [-0.2, -0.15) is 0 Å². The minimum absolute atomic E-state index is 0. The molecule has 6 heteroatoms. The van der Waals surface area contributed by atoms with Crippen LogP contribution in [0.4, 0.5) is 0 Å². The molecule has 0 aromatic heterocycles. The maximum atomic E-state index is 0. The Kier molecular flexibility index (Phi) is 308. The van der Waals surface area contributed by atoms with Crippen molar-refractivity contribution >= 4 is 0 Å². The second-order valence-corrected chi connectivity index (χ2v) is 0. The Labute approximate surface area is 127 Å². The number of hydrogen-bond donors (Lipinski definition) is 0. The molecule has 0 fully saturated rings. The van der Waals surface area contributed by atoms with E-state index in [-0.39, 0.29) is 130 Å². The van der Waals surface area contributed by atoms with Gasteiger partial charge in [0.05, 0.1) is 0 Å². The normalized spacial score (nSPS) is 0. The van der Waals surface area contributed by atoms with Gasteiger partial charge in [-0.05, 0) is 0 Å². The van der Waals surface area contributed by atoms with E-state index >= 15 is 0 Å². The number of halogens is 4. The SMILES string of the molecule is [Cu+2].[I-].[I-].[I-].[I-].[Mn+2]. The van der Waals surface area contributed by atoms with Crippen LogP contribution in [-0.2, 0) is 34.1 Å². The maximum Gasteiger partial charge on any atom is 2.00 e. The van der Waals surface area contributed by atoms with Gasteiger partial charge in [-0.3, -0.25) is 0 Å². The predicted octanol–water partition coefficient (Wildman–Crippen LogP) is -12.0. The quantitative estimate of drug-likeness (QED) is 0.186. The van der Waals surface area contributed by atoms with E-state index in [2.05, 4.69) is 0 Å². The summed E-state index contributed by atoms with van der Waals surface area (Å²) in [6.45, 7) is 0. The zero-order valence-electron chi connectivity index (χ0n) is 2.19. The van der Waals surface area contributed by atoms with Gasteiger partial charge in [0.25, 0.3) is 0 Å². The van der Waals surface area contributed by atoms with Gasteiger partial charge >= 0.3 is 34.1 Å². The number of hydrogen-bond acceptors (Lipinski definition) is 0. The molecule has 0 amide bonds. The van der Waals surface area contributed by atoms with Crippen LogP contribution in [0, 0.1) is 0 Å². The summed E-state index contributed by atoms with van der Waals surface area (Å²) in [5, 5.41) is 0. The first-order valence-corrected chi connectivity index (χ1v) is 0. The number of rotatable bonds is 0. The Morgan fingerprint density at radius 3 is 0.500 bits per heavy atom. The third-order valence-corrected chi connectivity index (χ3v) is 0. The molecule has 0 bridgehead atoms. The van der Waals surface area contributed by atoms with Gasteiger partial charge in [-0.1, -0.05) is 0 Å². The standard InChI is InChI=1S/Cu.4HI.Mn/h;4*1H;/q+2;;;;;+2/p-4. The summed E-state index contributed by atoms with van der Waals surface area (Å²) in [4.78, 5) is 0. The molecule has 0 N–H and O–H groups in total. The molecule has 0 aliphatic carbocycles. The Hall–Kier alpha value is 3.96. The van der Waals surface area contributed by atoms with Crippen LogP contribution in [0.15, 0.2) is 0 Å². The average Bonchev–Trinajstić information content (AvgIpc) is 0. The van der Waals surface area contributed by atoms with Crippen LogP contribution < -0.4 is 95.9 Å². The van der Waals surface area contributed by atoms with Crippen LogP contribution in [0.1, 0.15) is 0 Å². The van der Waals surface area contributed by atoms with Crippen molar-refractivity contribution in [2.24, 2.45) is 0 Å². The van der Waals surface area contributed by atoms with E-state index in [1.807, 2.05) is 0 Å². The molecule has 0 atom stereocenters. The third-order valence-electron chi connectivity index (χ3n) is 0. The Bertz CT molecular complexity index is 7.51. The molecule has 0 aromatic rings. The van der Waals surface area contributed by atoms with E-state index in [1.165, 1.54) is 0 Å². The summed E-state index contributed by atoms with van der Waals surface area (Å²) in [6, 6.07) is 0. The van der Waals surface area contributed by atoms with E-state index in [0.29, 0.717) is 0 Å². The molecule has 0 aliphatic heterocycles. The van der Waals surface area contributed by atoms with Crippen molar-refractivity contribution in [2.75, 3.05) is 0 Å². The summed E-state index contributed by atoms with van der Waals surface area (Å²) in [5.74, 6) is 0. The van der Waals surface area contributed by atoms with Crippen molar-refractivity contribution in [2.45, 2.75) is 0 Å². The fourth-order valence-corrected chi connectivity index (χ4v) is 0. The second kappa shape index (κ2) is 36.2. The van der Waals surface area contributed by atoms with Crippen LogP contribution in [0.5, 0.6) is 0 Å². The minimum Gasteiger partial charge on any atom is -1.00 e. The summed E-state index contributed by atoms with van der Waals surface area (Å²) >= 11 is 0. The molecule has 0 aromatic carbocycles. The molecular formula is CuI4Mn. The second-order valence-electron chi connectivity index (χ2n) is 0. The molecule has 2 radical (unpaired) electrons. The summed E-state index contributed by atoms with van der Waals surface area (Å²) in [6.07, 6.45) is 0. The average molecular weight is 626 g/mol. The van der Waals surface area contributed by atoms with E-state index in [0.717, 1.165) is 0 Å². The smallest absolute Gasteiger partial charge is 1.00 e. The third kappa shape index (κ3) is 24.6. The maximum absolute atomic E-state index is 0. The van der Waals surface area contributed by atoms with E-state index in [1.54, 1.807) is 0 Å². The molecular weight excluding hydrogens is 626 g/mol. The Morgan fingerprint density at radius 2 is 0.500 bits per heavy atom. The van der Waals surface area contributed by atoms with Crippen molar-refractivity contribution in [1.29, 1.82) is 0 Å². The molecule has 46 valence electrons. The topological polar surface area (TPSA) is 0 Å². The van der Waals surface area contributed by atoms with Crippen molar-refractivity contribution in [3.05, 3.63) is 0 Å². The molecule has 0 nitrogen and oxygen atoms in total. The Balaban J connectivity index is 0. The minimum atomic E-state index is 0. The predicted molar refractivity (Wildman–Crippen MR) is 0 cm³/mol. The molecule has 0 spiro atoms. The van der Waals surface area contributed by atoms with Gasteiger partial charge in [-0.25, -0.2) is 0 Å². The summed E-state index contributed by atoms with van der Waals surface area (Å²) < 4.78 is 0. The van der Waals surface area contributed by atoms with Crippen LogP contribution in [0.25, 0.3) is 0 Å². The molecule has 0 heterocycles. The molecule has 6 heavy (non-hydrogen) atoms. The molecule has 0 saturated carbocycles. The van der Waals surface area contributed by atoms with Crippen molar-refractivity contribution in [3.63, 3.8) is 0 Å². The van der Waals surface area contributed by atoms with Gasteiger partial charge in [0.2, 0.25) is 0 Å². The zero-order valence-corrected chi connectivity index (χ0v) is 12.9. The van der Waals surface area contributed by atoms with Gasteiger partial charge < -0.3 is 95.9 Å². The van der Waals surface area contributed by atoms with Crippen molar-refractivity contribution < 1.29 is 130 Å². The summed E-state index contributed by atoms with van der Waals surface area (Å²) in [7, 11) is 0. The first-order valence-electron chi connectivity index (χ1n) is 0. The first kappa shape index (κ1) is 51.0. The van der Waals surface area contributed by atoms with E-state index in [4.69, 9.17) is 0 Å². The molecule has 0 rings (SSSR count). The molecule has 0 aliphatic rings. The van der Waals surface area contributed by atoms with Crippen LogP contribution in [0.3, 0.4) is 0 Å². The van der Waals surface area contributed by atoms with Gasteiger partial charge in [0.15, 0.2) is 0 Å². The Morgan fingerprint density at radius 1 is 0.500 bits per heavy atom. The zero-order chi connectivity index (χ0) is 0. The van der Waals surface area contributed by atoms with Crippen LogP contribution in [-0.4, -0.2) is 0 Å². The van der Waals surface area contributed by atoms with Gasteiger partial charge in [0, 0.05) is 0 Å². The van der Waals surface area contributed by atoms with Crippen molar-refractivity contribution in [1.82, 2.24) is 0 Å². The summed E-state index contributed by atoms with van der Waals surface area (Å²) in [5.41, 5.74) is 0. The van der Waals surface area contributed by atoms with Crippen molar-refractivity contribution in [3.8, 4) is 0 Å². The monoisotopic (exact) mass is 625 g/mol. The fraction of sp³-hybridized carbons (Fsp3) is 0. The van der Waals surface area contributed by atoms with Gasteiger partial charge in [0.1, 0.15) is 0 Å². The van der Waals surface area contributed by atoms with Crippen LogP contribution >= 0.6 is 0 Å². The molecule has 0 unspecified atom stereocenters. The van der Waals surface area contributed by atoms with Gasteiger partial charge in [-0.15, -0.1) is 0 Å².